The van der Waals surface area contributed by atoms with Crippen molar-refractivity contribution < 1.29 is 0 Å². The minimum Gasteiger partial charge on any atom is -0.289 e. The molecule has 0 aliphatic heterocycles. The van der Waals surface area contributed by atoms with Crippen LogP contribution in [0.3, 0.4) is 0 Å². The van der Waals surface area contributed by atoms with Gasteiger partial charge in [-0.25, -0.2) is 0 Å². The molecule has 0 saturated carbocycles. The Morgan fingerprint density at radius 2 is 1.60 bits per heavy atom. The molecule has 0 fully saturated rings. The Morgan fingerprint density at radius 3 is 2.35 bits per heavy atom. The number of fused-ring (bicyclic) bond motifs is 2. The summed E-state index contributed by atoms with van der Waals surface area (Å²) in [6.45, 7) is 0. The van der Waals surface area contributed by atoms with Gasteiger partial charge in [0.25, 0.3) is 0 Å². The minimum atomic E-state index is -0.0369. The molecule has 100 valence electrons. The summed E-state index contributed by atoms with van der Waals surface area (Å²) >= 11 is 16.8. The van der Waals surface area contributed by atoms with Crippen molar-refractivity contribution in [2.24, 2.45) is 0 Å². The third-order valence-corrected chi connectivity index (χ3v) is 6.09. The van der Waals surface area contributed by atoms with Crippen molar-refractivity contribution in [2.75, 3.05) is 0 Å². The van der Waals surface area contributed by atoms with Gasteiger partial charge in [0.2, 0.25) is 0 Å². The fourth-order valence-electron chi connectivity index (χ4n) is 2.21. The van der Waals surface area contributed by atoms with E-state index in [-0.39, 0.29) is 5.43 Å². The van der Waals surface area contributed by atoms with Gasteiger partial charge in [0, 0.05) is 40.0 Å². The molecule has 0 atom stereocenters. The molecule has 5 heteroatoms. The highest BCUT2D eigenvalue weighted by molar-refractivity contribution is 9.13. The SMILES string of the molecule is O=c1c2cc(Br)ccc2c(Br)c(Br)c2c(Cl)cccc12. The van der Waals surface area contributed by atoms with Gasteiger partial charge in [0.05, 0.1) is 0 Å². The van der Waals surface area contributed by atoms with Gasteiger partial charge in [-0.3, -0.25) is 4.79 Å². The van der Waals surface area contributed by atoms with Gasteiger partial charge in [0.1, 0.15) is 0 Å². The Bertz CT molecular complexity index is 915. The molecule has 3 aromatic rings. The molecule has 0 amide bonds. The molecule has 0 aliphatic carbocycles. The summed E-state index contributed by atoms with van der Waals surface area (Å²) in [7, 11) is 0. The molecule has 3 aromatic carbocycles. The molecule has 0 unspecified atom stereocenters. The summed E-state index contributed by atoms with van der Waals surface area (Å²) in [5.74, 6) is 0. The van der Waals surface area contributed by atoms with Gasteiger partial charge < -0.3 is 0 Å². The van der Waals surface area contributed by atoms with Crippen molar-refractivity contribution in [3.05, 3.63) is 65.1 Å². The van der Waals surface area contributed by atoms with E-state index in [1.54, 1.807) is 18.2 Å². The van der Waals surface area contributed by atoms with Crippen LogP contribution in [0.15, 0.2) is 54.6 Å². The second kappa shape index (κ2) is 5.41. The highest BCUT2D eigenvalue weighted by atomic mass is 79.9. The highest BCUT2D eigenvalue weighted by Crippen LogP contribution is 2.37. The van der Waals surface area contributed by atoms with Crippen LogP contribution < -0.4 is 5.43 Å². The molecule has 20 heavy (non-hydrogen) atoms. The van der Waals surface area contributed by atoms with E-state index >= 15 is 0 Å². The molecular formula is C15H6Br3ClO. The molecule has 0 heterocycles. The van der Waals surface area contributed by atoms with E-state index in [0.717, 1.165) is 24.2 Å². The van der Waals surface area contributed by atoms with Gasteiger partial charge in [-0.15, -0.1) is 0 Å². The summed E-state index contributed by atoms with van der Waals surface area (Å²) < 4.78 is 2.47. The van der Waals surface area contributed by atoms with Crippen LogP contribution in [0.2, 0.25) is 5.02 Å². The van der Waals surface area contributed by atoms with Crippen LogP contribution in [0, 0.1) is 0 Å². The predicted molar refractivity (Wildman–Crippen MR) is 95.8 cm³/mol. The molecule has 0 aliphatic rings. The number of rotatable bonds is 0. The zero-order valence-corrected chi connectivity index (χ0v) is 15.4. The van der Waals surface area contributed by atoms with E-state index in [1.807, 2.05) is 18.2 Å². The van der Waals surface area contributed by atoms with Crippen molar-refractivity contribution in [3.63, 3.8) is 0 Å². The van der Waals surface area contributed by atoms with Gasteiger partial charge in [-0.2, -0.15) is 0 Å². The van der Waals surface area contributed by atoms with Crippen molar-refractivity contribution >= 4 is 80.9 Å². The van der Waals surface area contributed by atoms with Crippen molar-refractivity contribution in [3.8, 4) is 0 Å². The third kappa shape index (κ3) is 2.23. The van der Waals surface area contributed by atoms with Crippen LogP contribution in [0.5, 0.6) is 0 Å². The van der Waals surface area contributed by atoms with Crippen LogP contribution in [-0.4, -0.2) is 0 Å². The fraction of sp³-hybridized carbons (Fsp3) is 0. The van der Waals surface area contributed by atoms with Crippen molar-refractivity contribution in [2.45, 2.75) is 0 Å². The zero-order valence-electron chi connectivity index (χ0n) is 9.88. The summed E-state index contributed by atoms with van der Waals surface area (Å²) in [5.41, 5.74) is -0.0369. The lowest BCUT2D eigenvalue weighted by molar-refractivity contribution is 1.70. The molecule has 0 spiro atoms. The van der Waals surface area contributed by atoms with E-state index in [1.165, 1.54) is 0 Å². The lowest BCUT2D eigenvalue weighted by Crippen LogP contribution is -1.98. The van der Waals surface area contributed by atoms with E-state index in [2.05, 4.69) is 47.8 Å². The standard InChI is InChI=1S/C15H6Br3ClO/c16-7-4-5-8-10(6-7)15(20)9-2-1-3-11(19)12(9)14(18)13(8)17/h1-6H. The third-order valence-electron chi connectivity index (χ3n) is 3.13. The predicted octanol–water partition coefficient (Wildman–Crippen LogP) is 6.29. The summed E-state index contributed by atoms with van der Waals surface area (Å²) in [4.78, 5) is 12.8. The number of hydrogen-bond acceptors (Lipinski definition) is 1. The second-order valence-corrected chi connectivity index (χ2v) is 7.22. The van der Waals surface area contributed by atoms with Crippen molar-refractivity contribution in [1.82, 2.24) is 0 Å². The lowest BCUT2D eigenvalue weighted by atomic mass is 10.1. The Kier molecular flexibility index (Phi) is 3.93. The summed E-state index contributed by atoms with van der Waals surface area (Å²) in [6, 6.07) is 11.0. The lowest BCUT2D eigenvalue weighted by Gasteiger charge is -1.99. The van der Waals surface area contributed by atoms with Gasteiger partial charge in [-0.05, 0) is 50.1 Å². The Hall–Kier alpha value is -0.420. The molecule has 1 nitrogen and oxygen atoms in total. The molecule has 0 saturated heterocycles. The van der Waals surface area contributed by atoms with E-state index in [9.17, 15) is 4.79 Å². The van der Waals surface area contributed by atoms with Crippen LogP contribution in [0.1, 0.15) is 0 Å². The Balaban J connectivity index is 2.78. The quantitative estimate of drug-likeness (QED) is 0.372. The Morgan fingerprint density at radius 1 is 0.850 bits per heavy atom. The second-order valence-electron chi connectivity index (χ2n) is 4.31. The molecule has 0 N–H and O–H groups in total. The van der Waals surface area contributed by atoms with Gasteiger partial charge in [0.15, 0.2) is 5.43 Å². The average Bonchev–Trinajstić information content (AvgIpc) is 2.51. The molecule has 0 bridgehead atoms. The smallest absolute Gasteiger partial charge is 0.194 e. The van der Waals surface area contributed by atoms with E-state index in [4.69, 9.17) is 11.6 Å². The number of halogens is 4. The van der Waals surface area contributed by atoms with Crippen LogP contribution in [0.25, 0.3) is 21.5 Å². The molecule has 0 aromatic heterocycles. The largest absolute Gasteiger partial charge is 0.289 e. The van der Waals surface area contributed by atoms with Crippen LogP contribution >= 0.6 is 59.4 Å². The first-order valence-corrected chi connectivity index (χ1v) is 8.45. The maximum absolute atomic E-state index is 12.8. The van der Waals surface area contributed by atoms with Gasteiger partial charge >= 0.3 is 0 Å². The first-order chi connectivity index (χ1) is 9.50. The average molecular weight is 477 g/mol. The Labute approximate surface area is 145 Å². The summed E-state index contributed by atoms with van der Waals surface area (Å²) in [5, 5.41) is 3.35. The summed E-state index contributed by atoms with van der Waals surface area (Å²) in [6.07, 6.45) is 0. The fourth-order valence-corrected chi connectivity index (χ4v) is 4.13. The van der Waals surface area contributed by atoms with E-state index < -0.39 is 0 Å². The van der Waals surface area contributed by atoms with E-state index in [0.29, 0.717) is 15.8 Å². The topological polar surface area (TPSA) is 17.1 Å². The van der Waals surface area contributed by atoms with Crippen LogP contribution in [0.4, 0.5) is 0 Å². The van der Waals surface area contributed by atoms with Gasteiger partial charge in [-0.1, -0.05) is 45.7 Å². The normalized spacial score (nSPS) is 11.2. The first-order valence-electron chi connectivity index (χ1n) is 5.69. The zero-order chi connectivity index (χ0) is 14.4. The monoisotopic (exact) mass is 474 g/mol. The maximum atomic E-state index is 12.8. The number of benzene rings is 2. The highest BCUT2D eigenvalue weighted by Gasteiger charge is 2.13. The molecule has 3 rings (SSSR count). The maximum Gasteiger partial charge on any atom is 0.194 e. The minimum absolute atomic E-state index is 0.0369. The van der Waals surface area contributed by atoms with Crippen molar-refractivity contribution in [1.29, 1.82) is 0 Å². The molecular weight excluding hydrogens is 471 g/mol. The molecule has 0 radical (unpaired) electrons. The first kappa shape index (κ1) is 14.5. The van der Waals surface area contributed by atoms with Crippen LogP contribution in [-0.2, 0) is 0 Å². The number of hydrogen-bond donors (Lipinski definition) is 0.